The van der Waals surface area contributed by atoms with Gasteiger partial charge in [-0.1, -0.05) is 0 Å². The fourth-order valence-corrected chi connectivity index (χ4v) is 3.03. The van der Waals surface area contributed by atoms with Gasteiger partial charge in [-0.2, -0.15) is 0 Å². The Morgan fingerprint density at radius 3 is 2.87 bits per heavy atom. The van der Waals surface area contributed by atoms with Crippen molar-refractivity contribution in [3.05, 3.63) is 35.4 Å². The fourth-order valence-electron chi connectivity index (χ4n) is 3.03. The molecule has 2 amide bonds. The Labute approximate surface area is 134 Å². The van der Waals surface area contributed by atoms with Crippen LogP contribution in [0.25, 0.3) is 0 Å². The quantitative estimate of drug-likeness (QED) is 0.805. The predicted octanol–water partition coefficient (Wildman–Crippen LogP) is 1.55. The van der Waals surface area contributed by atoms with Crippen molar-refractivity contribution in [1.82, 2.24) is 15.5 Å². The average molecular weight is 319 g/mol. The van der Waals surface area contributed by atoms with E-state index in [4.69, 9.17) is 9.15 Å². The lowest BCUT2D eigenvalue weighted by Gasteiger charge is -2.29. The number of hydrogen-bond acceptors (Lipinski definition) is 5. The third kappa shape index (κ3) is 3.39. The second kappa shape index (κ2) is 6.87. The van der Waals surface area contributed by atoms with Crippen LogP contribution in [0.5, 0.6) is 0 Å². The molecule has 1 saturated heterocycles. The number of likely N-dealkylation sites (tertiary alicyclic amines) is 1. The van der Waals surface area contributed by atoms with E-state index < -0.39 is 12.0 Å². The highest BCUT2D eigenvalue weighted by Gasteiger charge is 2.35. The second-order valence-corrected chi connectivity index (χ2v) is 5.64. The van der Waals surface area contributed by atoms with Crippen LogP contribution in [-0.2, 0) is 9.53 Å². The first-order chi connectivity index (χ1) is 11.2. The summed E-state index contributed by atoms with van der Waals surface area (Å²) in [5.41, 5.74) is 1.00. The molecule has 2 aliphatic rings. The molecule has 0 saturated carbocycles. The van der Waals surface area contributed by atoms with Crippen molar-refractivity contribution in [2.75, 3.05) is 26.2 Å². The number of rotatable bonds is 5. The minimum absolute atomic E-state index is 0.276. The van der Waals surface area contributed by atoms with E-state index >= 15 is 0 Å². The molecule has 1 fully saturated rings. The van der Waals surface area contributed by atoms with E-state index in [0.29, 0.717) is 23.6 Å². The van der Waals surface area contributed by atoms with Crippen LogP contribution in [-0.4, -0.2) is 43.1 Å². The zero-order valence-corrected chi connectivity index (χ0v) is 13.1. The molecule has 3 rings (SSSR count). The minimum Gasteiger partial charge on any atom is -0.467 e. The summed E-state index contributed by atoms with van der Waals surface area (Å²) in [6.07, 6.45) is 3.79. The van der Waals surface area contributed by atoms with E-state index in [1.54, 1.807) is 19.1 Å². The molecule has 0 spiro atoms. The van der Waals surface area contributed by atoms with Gasteiger partial charge in [-0.15, -0.1) is 0 Å². The lowest BCUT2D eigenvalue weighted by molar-refractivity contribution is -0.139. The van der Waals surface area contributed by atoms with Gasteiger partial charge >= 0.3 is 12.0 Å². The Morgan fingerprint density at radius 2 is 2.22 bits per heavy atom. The summed E-state index contributed by atoms with van der Waals surface area (Å²) >= 11 is 0. The van der Waals surface area contributed by atoms with Gasteiger partial charge in [0.2, 0.25) is 0 Å². The maximum atomic E-state index is 12.5. The maximum Gasteiger partial charge on any atom is 0.338 e. The third-order valence-corrected chi connectivity index (χ3v) is 4.06. The number of ether oxygens (including phenoxy) is 1. The molecule has 0 unspecified atom stereocenters. The highest BCUT2D eigenvalue weighted by atomic mass is 16.5. The standard InChI is InChI=1S/C16H21N3O4/c1-2-22-15(20)13-11(10-19-7-3-4-8-19)17-16(21)18-14(13)12-6-5-9-23-12/h5-6,9,14H,2-4,7-8,10H2,1H3,(H2,17,18,21)/t14-/m1/s1. The maximum absolute atomic E-state index is 12.5. The van der Waals surface area contributed by atoms with Gasteiger partial charge in [-0.25, -0.2) is 9.59 Å². The van der Waals surface area contributed by atoms with Gasteiger partial charge in [0.1, 0.15) is 11.8 Å². The molecule has 2 N–H and O–H groups in total. The molecule has 1 atom stereocenters. The Bertz CT molecular complexity index is 603. The average Bonchev–Trinajstić information content (AvgIpc) is 3.20. The van der Waals surface area contributed by atoms with E-state index in [-0.39, 0.29) is 12.6 Å². The minimum atomic E-state index is -0.629. The van der Waals surface area contributed by atoms with E-state index in [1.807, 2.05) is 0 Å². The Balaban J connectivity index is 1.96. The van der Waals surface area contributed by atoms with Crippen LogP contribution in [0, 0.1) is 0 Å². The molecule has 124 valence electrons. The van der Waals surface area contributed by atoms with Crippen molar-refractivity contribution in [2.45, 2.75) is 25.8 Å². The van der Waals surface area contributed by atoms with Gasteiger partial charge in [-0.05, 0) is 45.0 Å². The number of nitrogens with zero attached hydrogens (tertiary/aromatic N) is 1. The van der Waals surface area contributed by atoms with Crippen molar-refractivity contribution in [2.24, 2.45) is 0 Å². The third-order valence-electron chi connectivity index (χ3n) is 4.06. The Hall–Kier alpha value is -2.28. The van der Waals surface area contributed by atoms with Crippen LogP contribution in [0.2, 0.25) is 0 Å². The van der Waals surface area contributed by atoms with Crippen LogP contribution >= 0.6 is 0 Å². The largest absolute Gasteiger partial charge is 0.467 e. The molecule has 3 heterocycles. The monoisotopic (exact) mass is 319 g/mol. The zero-order valence-electron chi connectivity index (χ0n) is 13.1. The summed E-state index contributed by atoms with van der Waals surface area (Å²) in [6.45, 7) is 4.49. The molecule has 7 nitrogen and oxygen atoms in total. The normalized spacial score (nSPS) is 22.0. The molecule has 0 aromatic carbocycles. The first-order valence-corrected chi connectivity index (χ1v) is 7.92. The number of amides is 2. The first kappa shape index (κ1) is 15.6. The highest BCUT2D eigenvalue weighted by molar-refractivity contribution is 5.95. The lowest BCUT2D eigenvalue weighted by Crippen LogP contribution is -2.48. The molecule has 23 heavy (non-hydrogen) atoms. The lowest BCUT2D eigenvalue weighted by atomic mass is 10.00. The number of hydrogen-bond donors (Lipinski definition) is 2. The molecular formula is C16H21N3O4. The van der Waals surface area contributed by atoms with E-state index in [1.165, 1.54) is 6.26 Å². The molecule has 0 aliphatic carbocycles. The number of esters is 1. The van der Waals surface area contributed by atoms with Gasteiger partial charge in [0.05, 0.1) is 18.4 Å². The van der Waals surface area contributed by atoms with Crippen LogP contribution in [0.4, 0.5) is 4.79 Å². The number of furan rings is 1. The summed E-state index contributed by atoms with van der Waals surface area (Å²) < 4.78 is 10.6. The molecule has 0 radical (unpaired) electrons. The van der Waals surface area contributed by atoms with Gasteiger partial charge in [0.25, 0.3) is 0 Å². The van der Waals surface area contributed by atoms with Crippen molar-refractivity contribution in [3.8, 4) is 0 Å². The van der Waals surface area contributed by atoms with Crippen LogP contribution in [0.3, 0.4) is 0 Å². The van der Waals surface area contributed by atoms with Gasteiger partial charge in [0.15, 0.2) is 0 Å². The van der Waals surface area contributed by atoms with E-state index in [2.05, 4.69) is 15.5 Å². The van der Waals surface area contributed by atoms with E-state index in [0.717, 1.165) is 25.9 Å². The number of urea groups is 1. The molecule has 0 bridgehead atoms. The Kier molecular flexibility index (Phi) is 4.66. The molecule has 7 heteroatoms. The smallest absolute Gasteiger partial charge is 0.338 e. The molecule has 1 aromatic rings. The van der Waals surface area contributed by atoms with Crippen molar-refractivity contribution >= 4 is 12.0 Å². The summed E-state index contributed by atoms with van der Waals surface area (Å²) in [4.78, 5) is 26.7. The van der Waals surface area contributed by atoms with Crippen LogP contribution in [0.15, 0.2) is 34.1 Å². The van der Waals surface area contributed by atoms with Crippen molar-refractivity contribution < 1.29 is 18.7 Å². The summed E-state index contributed by atoms with van der Waals surface area (Å²) in [5, 5.41) is 5.51. The van der Waals surface area contributed by atoms with Gasteiger partial charge < -0.3 is 19.8 Å². The summed E-state index contributed by atoms with van der Waals surface area (Å²) in [5.74, 6) is 0.0809. The van der Waals surface area contributed by atoms with E-state index in [9.17, 15) is 9.59 Å². The topological polar surface area (TPSA) is 83.8 Å². The molecule has 1 aromatic heterocycles. The number of carbonyl (C=O) groups is 2. The number of carbonyl (C=O) groups excluding carboxylic acids is 2. The van der Waals surface area contributed by atoms with Crippen molar-refractivity contribution in [3.63, 3.8) is 0 Å². The fraction of sp³-hybridized carbons (Fsp3) is 0.500. The second-order valence-electron chi connectivity index (χ2n) is 5.64. The molecular weight excluding hydrogens is 298 g/mol. The van der Waals surface area contributed by atoms with Gasteiger partial charge in [0, 0.05) is 12.2 Å². The van der Waals surface area contributed by atoms with Crippen molar-refractivity contribution in [1.29, 1.82) is 0 Å². The molecule has 2 aliphatic heterocycles. The Morgan fingerprint density at radius 1 is 1.43 bits per heavy atom. The van der Waals surface area contributed by atoms with Gasteiger partial charge in [-0.3, -0.25) is 4.90 Å². The van der Waals surface area contributed by atoms with Crippen LogP contribution < -0.4 is 10.6 Å². The summed E-state index contributed by atoms with van der Waals surface area (Å²) in [6, 6.07) is 2.50. The highest BCUT2D eigenvalue weighted by Crippen LogP contribution is 2.28. The summed E-state index contributed by atoms with van der Waals surface area (Å²) in [7, 11) is 0. The first-order valence-electron chi connectivity index (χ1n) is 7.92. The number of nitrogens with one attached hydrogen (secondary N) is 2. The van der Waals surface area contributed by atoms with Crippen LogP contribution in [0.1, 0.15) is 31.6 Å². The SMILES string of the molecule is CCOC(=O)C1=C(CN2CCCC2)NC(=O)N[C@@H]1c1ccco1. The zero-order chi connectivity index (χ0) is 16.2. The predicted molar refractivity (Wildman–Crippen MR) is 82.4 cm³/mol.